The molecular weight excluding hydrogens is 348 g/mol. The largest absolute Gasteiger partial charge is 0.478 e. The second-order valence-corrected chi connectivity index (χ2v) is 7.23. The number of hydrogen-bond donors (Lipinski definition) is 3. The molecule has 1 aromatic carbocycles. The number of anilines is 1. The summed E-state index contributed by atoms with van der Waals surface area (Å²) in [4.78, 5) is 23.3. The standard InChI is InChI=1S/C16H18N2O6S/c1-3-25(22,23)18-14-7-5-4-6-12(14)15(19)17-9-11-8-13(16(20)21)10(2)24-11/h4-8,18H,3,9H2,1-2H3,(H,17,19)(H,20,21). The molecule has 9 heteroatoms. The summed E-state index contributed by atoms with van der Waals surface area (Å²) in [6.45, 7) is 2.98. The number of nitrogens with one attached hydrogen (secondary N) is 2. The highest BCUT2D eigenvalue weighted by atomic mass is 32.2. The third kappa shape index (κ3) is 4.60. The molecule has 0 aliphatic heterocycles. The predicted octanol–water partition coefficient (Wildman–Crippen LogP) is 1.98. The molecule has 0 aliphatic rings. The number of aromatic carboxylic acids is 1. The average molecular weight is 366 g/mol. The molecule has 25 heavy (non-hydrogen) atoms. The lowest BCUT2D eigenvalue weighted by Crippen LogP contribution is -2.25. The molecule has 2 rings (SSSR count). The first-order valence-electron chi connectivity index (χ1n) is 7.44. The zero-order chi connectivity index (χ0) is 18.6. The lowest BCUT2D eigenvalue weighted by molar-refractivity contribution is 0.0694. The highest BCUT2D eigenvalue weighted by Gasteiger charge is 2.17. The molecule has 0 saturated heterocycles. The molecule has 0 radical (unpaired) electrons. The van der Waals surface area contributed by atoms with Gasteiger partial charge in [0.05, 0.1) is 23.5 Å². The van der Waals surface area contributed by atoms with Crippen LogP contribution in [0.5, 0.6) is 0 Å². The Bertz CT molecular complexity index is 901. The molecule has 1 aromatic heterocycles. The van der Waals surface area contributed by atoms with Gasteiger partial charge in [-0.1, -0.05) is 12.1 Å². The summed E-state index contributed by atoms with van der Waals surface area (Å²) in [6, 6.07) is 7.53. The smallest absolute Gasteiger partial charge is 0.339 e. The molecule has 2 aromatic rings. The number of furan rings is 1. The Hall–Kier alpha value is -2.81. The third-order valence-electron chi connectivity index (χ3n) is 3.44. The minimum absolute atomic E-state index is 0.0260. The Morgan fingerprint density at radius 3 is 2.48 bits per heavy atom. The van der Waals surface area contributed by atoms with Crippen LogP contribution in [0, 0.1) is 6.92 Å². The number of para-hydroxylation sites is 1. The van der Waals surface area contributed by atoms with Gasteiger partial charge in [0, 0.05) is 0 Å². The van der Waals surface area contributed by atoms with Gasteiger partial charge in [-0.15, -0.1) is 0 Å². The summed E-state index contributed by atoms with van der Waals surface area (Å²) in [5.74, 6) is -1.21. The van der Waals surface area contributed by atoms with Gasteiger partial charge in [0.1, 0.15) is 17.1 Å². The fourth-order valence-corrected chi connectivity index (χ4v) is 2.77. The van der Waals surface area contributed by atoms with Crippen molar-refractivity contribution in [2.45, 2.75) is 20.4 Å². The van der Waals surface area contributed by atoms with Gasteiger partial charge in [-0.2, -0.15) is 0 Å². The van der Waals surface area contributed by atoms with Crippen LogP contribution in [0.1, 0.15) is 39.2 Å². The van der Waals surface area contributed by atoms with Gasteiger partial charge >= 0.3 is 5.97 Å². The van der Waals surface area contributed by atoms with Gasteiger partial charge in [0.25, 0.3) is 5.91 Å². The van der Waals surface area contributed by atoms with Gasteiger partial charge in [0.2, 0.25) is 10.0 Å². The van der Waals surface area contributed by atoms with Crippen molar-refractivity contribution in [2.75, 3.05) is 10.5 Å². The number of carbonyl (C=O) groups is 2. The van der Waals surface area contributed by atoms with Crippen molar-refractivity contribution in [1.29, 1.82) is 0 Å². The van der Waals surface area contributed by atoms with Crippen LogP contribution in [-0.2, 0) is 16.6 Å². The first-order valence-corrected chi connectivity index (χ1v) is 9.09. The van der Waals surface area contributed by atoms with Gasteiger partial charge in [-0.25, -0.2) is 13.2 Å². The van der Waals surface area contributed by atoms with Crippen LogP contribution in [0.4, 0.5) is 5.69 Å². The quantitative estimate of drug-likeness (QED) is 0.688. The third-order valence-corrected chi connectivity index (χ3v) is 4.73. The van der Waals surface area contributed by atoms with Crippen LogP contribution in [0.3, 0.4) is 0 Å². The van der Waals surface area contributed by atoms with Crippen molar-refractivity contribution in [1.82, 2.24) is 5.32 Å². The Morgan fingerprint density at radius 2 is 1.88 bits per heavy atom. The van der Waals surface area contributed by atoms with E-state index in [0.29, 0.717) is 0 Å². The maximum atomic E-state index is 12.3. The molecule has 0 spiro atoms. The van der Waals surface area contributed by atoms with E-state index in [9.17, 15) is 18.0 Å². The van der Waals surface area contributed by atoms with Crippen LogP contribution in [-0.4, -0.2) is 31.2 Å². The van der Waals surface area contributed by atoms with E-state index in [1.165, 1.54) is 32.0 Å². The Labute approximate surface area is 144 Å². The highest BCUT2D eigenvalue weighted by molar-refractivity contribution is 7.92. The summed E-state index contributed by atoms with van der Waals surface area (Å²) in [7, 11) is -3.52. The van der Waals surface area contributed by atoms with Crippen molar-refractivity contribution in [3.63, 3.8) is 0 Å². The molecule has 1 amide bonds. The minimum Gasteiger partial charge on any atom is -0.478 e. The average Bonchev–Trinajstić information content (AvgIpc) is 2.94. The lowest BCUT2D eigenvalue weighted by atomic mass is 10.1. The molecule has 0 saturated carbocycles. The predicted molar refractivity (Wildman–Crippen MR) is 91.1 cm³/mol. The van der Waals surface area contributed by atoms with E-state index in [1.54, 1.807) is 12.1 Å². The Kier molecular flexibility index (Phi) is 5.48. The molecule has 0 aliphatic carbocycles. The number of carboxylic acids is 1. The molecule has 0 unspecified atom stereocenters. The summed E-state index contributed by atoms with van der Waals surface area (Å²) in [5.41, 5.74) is 0.352. The van der Waals surface area contributed by atoms with Gasteiger partial charge in [0.15, 0.2) is 0 Å². The first-order chi connectivity index (χ1) is 11.7. The van der Waals surface area contributed by atoms with Gasteiger partial charge in [-0.3, -0.25) is 9.52 Å². The van der Waals surface area contributed by atoms with Crippen molar-refractivity contribution in [3.05, 3.63) is 53.0 Å². The van der Waals surface area contributed by atoms with Crippen LogP contribution >= 0.6 is 0 Å². The van der Waals surface area contributed by atoms with Crippen LogP contribution in [0.15, 0.2) is 34.7 Å². The van der Waals surface area contributed by atoms with E-state index in [2.05, 4.69) is 10.0 Å². The van der Waals surface area contributed by atoms with Crippen molar-refractivity contribution in [2.24, 2.45) is 0 Å². The van der Waals surface area contributed by atoms with Gasteiger partial charge < -0.3 is 14.8 Å². The Morgan fingerprint density at radius 1 is 1.20 bits per heavy atom. The number of rotatable bonds is 7. The van der Waals surface area contributed by atoms with Crippen LogP contribution in [0.25, 0.3) is 0 Å². The fourth-order valence-electron chi connectivity index (χ4n) is 2.12. The maximum absolute atomic E-state index is 12.3. The summed E-state index contributed by atoms with van der Waals surface area (Å²) in [5, 5.41) is 11.6. The highest BCUT2D eigenvalue weighted by Crippen LogP contribution is 2.18. The monoisotopic (exact) mass is 366 g/mol. The topological polar surface area (TPSA) is 126 Å². The molecule has 8 nitrogen and oxygen atoms in total. The van der Waals surface area contributed by atoms with E-state index in [-0.39, 0.29) is 40.6 Å². The molecular formula is C16H18N2O6S. The van der Waals surface area contributed by atoms with E-state index < -0.39 is 21.9 Å². The SMILES string of the molecule is CCS(=O)(=O)Nc1ccccc1C(=O)NCc1cc(C(=O)O)c(C)o1. The number of carbonyl (C=O) groups excluding carboxylic acids is 1. The van der Waals surface area contributed by atoms with Crippen LogP contribution in [0.2, 0.25) is 0 Å². The summed E-state index contributed by atoms with van der Waals surface area (Å²) >= 11 is 0. The number of benzene rings is 1. The van der Waals surface area contributed by atoms with Crippen molar-refractivity contribution < 1.29 is 27.5 Å². The second-order valence-electron chi connectivity index (χ2n) is 5.22. The zero-order valence-electron chi connectivity index (χ0n) is 13.7. The second kappa shape index (κ2) is 7.39. The van der Waals surface area contributed by atoms with E-state index in [1.807, 2.05) is 0 Å². The van der Waals surface area contributed by atoms with Crippen molar-refractivity contribution in [3.8, 4) is 0 Å². The number of amides is 1. The van der Waals surface area contributed by atoms with E-state index in [4.69, 9.17) is 9.52 Å². The fraction of sp³-hybridized carbons (Fsp3) is 0.250. The molecule has 1 heterocycles. The number of carboxylic acid groups (broad SMARTS) is 1. The van der Waals surface area contributed by atoms with E-state index in [0.717, 1.165) is 0 Å². The number of aryl methyl sites for hydroxylation is 1. The number of hydrogen-bond acceptors (Lipinski definition) is 5. The number of sulfonamides is 1. The lowest BCUT2D eigenvalue weighted by Gasteiger charge is -2.11. The maximum Gasteiger partial charge on any atom is 0.339 e. The normalized spacial score (nSPS) is 11.1. The van der Waals surface area contributed by atoms with Crippen molar-refractivity contribution >= 4 is 27.6 Å². The molecule has 0 bridgehead atoms. The Balaban J connectivity index is 2.14. The summed E-state index contributed by atoms with van der Waals surface area (Å²) in [6.07, 6.45) is 0. The molecule has 0 fully saturated rings. The summed E-state index contributed by atoms with van der Waals surface area (Å²) < 4.78 is 31.1. The van der Waals surface area contributed by atoms with E-state index >= 15 is 0 Å². The molecule has 3 N–H and O–H groups in total. The minimum atomic E-state index is -3.52. The zero-order valence-corrected chi connectivity index (χ0v) is 14.5. The first kappa shape index (κ1) is 18.5. The molecule has 134 valence electrons. The van der Waals surface area contributed by atoms with Crippen LogP contribution < -0.4 is 10.0 Å². The molecule has 0 atom stereocenters. The van der Waals surface area contributed by atoms with Gasteiger partial charge in [-0.05, 0) is 32.0 Å².